The Morgan fingerprint density at radius 3 is 2.89 bits per heavy atom. The monoisotopic (exact) mass is 164 g/mol. The van der Waals surface area contributed by atoms with Crippen LogP contribution in [0.2, 0.25) is 5.15 Å². The summed E-state index contributed by atoms with van der Waals surface area (Å²) in [6.45, 7) is 0. The van der Waals surface area contributed by atoms with Gasteiger partial charge in [-0.3, -0.25) is 0 Å². The zero-order valence-corrected chi connectivity index (χ0v) is 5.76. The predicted molar refractivity (Wildman–Crippen MR) is 34.4 cm³/mol. The molecule has 0 amide bonds. The normalized spacial score (nSPS) is 9.56. The predicted octanol–water partition coefficient (Wildman–Crippen LogP) is 1.93. The molecule has 0 aliphatic carbocycles. The van der Waals surface area contributed by atoms with Crippen molar-refractivity contribution in [3.05, 3.63) is 21.9 Å². The highest BCUT2D eigenvalue weighted by atomic mass is 35.5. The quantitative estimate of drug-likeness (QED) is 0.594. The molecule has 0 atom stereocenters. The lowest BCUT2D eigenvalue weighted by Gasteiger charge is -1.88. The molecule has 5 heteroatoms. The van der Waals surface area contributed by atoms with Crippen molar-refractivity contribution in [1.82, 2.24) is 9.97 Å². The number of H-pyrrole nitrogens is 1. The number of nitrogens with zero attached hydrogens (tertiary/aromatic N) is 1. The van der Waals surface area contributed by atoms with Crippen LogP contribution in [0, 0.1) is 10.6 Å². The fourth-order valence-electron chi connectivity index (χ4n) is 0.364. The third kappa shape index (κ3) is 1.46. The van der Waals surface area contributed by atoms with E-state index in [-0.39, 0.29) is 9.79 Å². The highest BCUT2D eigenvalue weighted by Gasteiger charge is 1.96. The molecule has 1 N–H and O–H groups in total. The second-order valence-corrected chi connectivity index (χ2v) is 2.15. The molecule has 0 radical (unpaired) electrons. The molecule has 0 fully saturated rings. The van der Waals surface area contributed by atoms with Gasteiger partial charge in [0.2, 0.25) is 5.95 Å². The van der Waals surface area contributed by atoms with Crippen LogP contribution in [-0.2, 0) is 0 Å². The Kier molecular flexibility index (Phi) is 1.78. The lowest BCUT2D eigenvalue weighted by atomic mass is 10.7. The van der Waals surface area contributed by atoms with Crippen LogP contribution in [0.4, 0.5) is 4.39 Å². The number of aromatic nitrogens is 2. The minimum atomic E-state index is -0.691. The Hall–Kier alpha value is -0.480. The first-order valence-corrected chi connectivity index (χ1v) is 2.89. The van der Waals surface area contributed by atoms with Crippen LogP contribution in [0.1, 0.15) is 0 Å². The number of nitrogens with one attached hydrogen (secondary N) is 1. The topological polar surface area (TPSA) is 28.7 Å². The van der Waals surface area contributed by atoms with Crippen LogP contribution in [0.25, 0.3) is 0 Å². The van der Waals surface area contributed by atoms with E-state index in [2.05, 4.69) is 22.2 Å². The zero-order valence-electron chi connectivity index (χ0n) is 4.19. The van der Waals surface area contributed by atoms with E-state index in [0.717, 1.165) is 0 Å². The largest absolute Gasteiger partial charge is 0.319 e. The lowest BCUT2D eigenvalue weighted by Crippen LogP contribution is -1.86. The lowest BCUT2D eigenvalue weighted by molar-refractivity contribution is 0.575. The summed E-state index contributed by atoms with van der Waals surface area (Å²) < 4.78 is 12.5. The maximum atomic E-state index is 12.3. The molecule has 0 aliphatic rings. The van der Waals surface area contributed by atoms with Gasteiger partial charge in [0.15, 0.2) is 5.15 Å². The van der Waals surface area contributed by atoms with Crippen molar-refractivity contribution in [2.75, 3.05) is 0 Å². The van der Waals surface area contributed by atoms with E-state index < -0.39 is 5.95 Å². The van der Waals surface area contributed by atoms with Crippen molar-refractivity contribution in [1.29, 1.82) is 0 Å². The minimum absolute atomic E-state index is 0.191. The van der Waals surface area contributed by atoms with Crippen molar-refractivity contribution < 1.29 is 4.39 Å². The van der Waals surface area contributed by atoms with Crippen molar-refractivity contribution in [3.8, 4) is 0 Å². The zero-order chi connectivity index (χ0) is 6.85. The van der Waals surface area contributed by atoms with Crippen molar-refractivity contribution in [3.63, 3.8) is 0 Å². The second kappa shape index (κ2) is 2.41. The van der Waals surface area contributed by atoms with Crippen molar-refractivity contribution >= 4 is 23.8 Å². The number of aromatic amines is 1. The minimum Gasteiger partial charge on any atom is -0.319 e. The number of halogens is 2. The Labute approximate surface area is 60.7 Å². The average Bonchev–Trinajstić information content (AvgIpc) is 1.80. The van der Waals surface area contributed by atoms with E-state index in [4.69, 9.17) is 11.6 Å². The summed E-state index contributed by atoms with van der Waals surface area (Å²) in [5.41, 5.74) is 0. The molecule has 0 aliphatic heterocycles. The van der Waals surface area contributed by atoms with Crippen LogP contribution in [0.15, 0.2) is 6.20 Å². The summed E-state index contributed by atoms with van der Waals surface area (Å²) in [7, 11) is 0. The summed E-state index contributed by atoms with van der Waals surface area (Å²) in [4.78, 5) is 5.63. The maximum Gasteiger partial charge on any atom is 0.229 e. The van der Waals surface area contributed by atoms with Gasteiger partial charge in [-0.1, -0.05) is 23.8 Å². The van der Waals surface area contributed by atoms with Gasteiger partial charge in [0.05, 0.1) is 6.20 Å². The van der Waals surface area contributed by atoms with Gasteiger partial charge in [-0.25, -0.2) is 4.98 Å². The molecule has 1 aromatic rings. The van der Waals surface area contributed by atoms with Gasteiger partial charge < -0.3 is 4.98 Å². The van der Waals surface area contributed by atoms with Gasteiger partial charge in [-0.05, 0) is 0 Å². The maximum absolute atomic E-state index is 12.3. The Morgan fingerprint density at radius 2 is 2.44 bits per heavy atom. The summed E-state index contributed by atoms with van der Waals surface area (Å²) in [5.74, 6) is -0.691. The molecule has 0 aromatic carbocycles. The van der Waals surface area contributed by atoms with Gasteiger partial charge in [-0.15, -0.1) is 0 Å². The molecule has 9 heavy (non-hydrogen) atoms. The fraction of sp³-hybridized carbons (Fsp3) is 0. The van der Waals surface area contributed by atoms with Gasteiger partial charge in [0, 0.05) is 0 Å². The number of rotatable bonds is 0. The first-order valence-electron chi connectivity index (χ1n) is 2.10. The summed E-state index contributed by atoms with van der Waals surface area (Å²) in [6.07, 6.45) is 1.28. The molecule has 0 saturated heterocycles. The molecule has 1 heterocycles. The molecule has 0 saturated carbocycles. The third-order valence-electron chi connectivity index (χ3n) is 0.709. The highest BCUT2D eigenvalue weighted by molar-refractivity contribution is 7.71. The average molecular weight is 165 g/mol. The van der Waals surface area contributed by atoms with Crippen molar-refractivity contribution in [2.24, 2.45) is 0 Å². The van der Waals surface area contributed by atoms with Crippen molar-refractivity contribution in [2.45, 2.75) is 0 Å². The smallest absolute Gasteiger partial charge is 0.229 e. The second-order valence-electron chi connectivity index (χ2n) is 1.35. The third-order valence-corrected chi connectivity index (χ3v) is 1.18. The van der Waals surface area contributed by atoms with E-state index >= 15 is 0 Å². The fourth-order valence-corrected chi connectivity index (χ4v) is 0.602. The molecule has 0 spiro atoms. The summed E-state index contributed by atoms with van der Waals surface area (Å²) in [6, 6.07) is 0. The SMILES string of the molecule is Fc1[nH]c(=S)cnc1Cl. The Balaban J connectivity index is 3.34. The molecule has 0 unspecified atom stereocenters. The summed E-state index contributed by atoms with van der Waals surface area (Å²) >= 11 is 9.76. The van der Waals surface area contributed by atoms with Gasteiger partial charge >= 0.3 is 0 Å². The molecule has 2 nitrogen and oxygen atoms in total. The van der Waals surface area contributed by atoms with E-state index in [1.807, 2.05) is 0 Å². The Morgan fingerprint density at radius 1 is 1.78 bits per heavy atom. The Bertz CT molecular complexity index is 272. The highest BCUT2D eigenvalue weighted by Crippen LogP contribution is 2.05. The van der Waals surface area contributed by atoms with E-state index in [1.54, 1.807) is 0 Å². The molecular weight excluding hydrogens is 163 g/mol. The first-order chi connectivity index (χ1) is 4.20. The number of hydrogen-bond donors (Lipinski definition) is 1. The van der Waals surface area contributed by atoms with Crippen LogP contribution in [-0.4, -0.2) is 9.97 Å². The summed E-state index contributed by atoms with van der Waals surface area (Å²) in [5, 5.41) is -0.191. The van der Waals surface area contributed by atoms with Crippen LogP contribution < -0.4 is 0 Å². The van der Waals surface area contributed by atoms with Gasteiger partial charge in [0.1, 0.15) is 4.64 Å². The van der Waals surface area contributed by atoms with E-state index in [0.29, 0.717) is 0 Å². The van der Waals surface area contributed by atoms with Crippen LogP contribution >= 0.6 is 23.8 Å². The van der Waals surface area contributed by atoms with Gasteiger partial charge in [-0.2, -0.15) is 4.39 Å². The van der Waals surface area contributed by atoms with Crippen LogP contribution in [0.3, 0.4) is 0 Å². The standard InChI is InChI=1S/C4H2ClFN2S/c5-3-4(6)8-2(9)1-7-3/h1H,(H,8,9). The van der Waals surface area contributed by atoms with Gasteiger partial charge in [0.25, 0.3) is 0 Å². The molecule has 1 rings (SSSR count). The van der Waals surface area contributed by atoms with E-state index in [1.165, 1.54) is 6.20 Å². The molecule has 0 bridgehead atoms. The van der Waals surface area contributed by atoms with E-state index in [9.17, 15) is 4.39 Å². The number of hydrogen-bond acceptors (Lipinski definition) is 2. The molecule has 48 valence electrons. The first kappa shape index (κ1) is 6.64. The van der Waals surface area contributed by atoms with Crippen LogP contribution in [0.5, 0.6) is 0 Å². The molecule has 1 aromatic heterocycles. The molecular formula is C4H2ClFN2S.